The third-order valence-electron chi connectivity index (χ3n) is 5.29. The molecule has 2 N–H and O–H groups in total. The van der Waals surface area contributed by atoms with Crippen LogP contribution in [0.25, 0.3) is 0 Å². The molecule has 120 valence electrons. The third-order valence-corrected chi connectivity index (χ3v) is 5.29. The van der Waals surface area contributed by atoms with Gasteiger partial charge in [0, 0.05) is 25.0 Å². The third kappa shape index (κ3) is 2.35. The topological polar surface area (TPSA) is 58.9 Å². The molecule has 2 aliphatic heterocycles. The van der Waals surface area contributed by atoms with Gasteiger partial charge in [0.05, 0.1) is 18.3 Å². The first-order valence-corrected chi connectivity index (χ1v) is 7.82. The predicted molar refractivity (Wildman–Crippen MR) is 83.8 cm³/mol. The molecular weight excluding hydrogens is 280 g/mol. The fraction of sp³-hybridized carbons (Fsp3) is 0.556. The van der Waals surface area contributed by atoms with Crippen molar-refractivity contribution in [3.8, 4) is 5.75 Å². The molecule has 4 heteroatoms. The van der Waals surface area contributed by atoms with Crippen molar-refractivity contribution in [2.75, 3.05) is 20.3 Å². The zero-order chi connectivity index (χ0) is 15.8. The fourth-order valence-electron chi connectivity index (χ4n) is 4.00. The molecule has 0 amide bonds. The van der Waals surface area contributed by atoms with Gasteiger partial charge in [-0.1, -0.05) is 24.3 Å². The Morgan fingerprint density at radius 2 is 1.95 bits per heavy atom. The van der Waals surface area contributed by atoms with Gasteiger partial charge >= 0.3 is 0 Å². The summed E-state index contributed by atoms with van der Waals surface area (Å²) >= 11 is 0. The molecule has 1 aromatic carbocycles. The molecule has 0 spiro atoms. The van der Waals surface area contributed by atoms with Crippen molar-refractivity contribution >= 4 is 0 Å². The second-order valence-corrected chi connectivity index (χ2v) is 6.50. The summed E-state index contributed by atoms with van der Waals surface area (Å²) in [6.07, 6.45) is 5.76. The molecule has 4 nitrogen and oxygen atoms in total. The molecule has 3 rings (SSSR count). The first kappa shape index (κ1) is 15.5. The lowest BCUT2D eigenvalue weighted by Crippen LogP contribution is -2.41. The van der Waals surface area contributed by atoms with E-state index in [2.05, 4.69) is 12.1 Å². The fourth-order valence-corrected chi connectivity index (χ4v) is 4.00. The van der Waals surface area contributed by atoms with Gasteiger partial charge in [0.2, 0.25) is 0 Å². The van der Waals surface area contributed by atoms with Crippen molar-refractivity contribution in [2.45, 2.75) is 31.0 Å². The van der Waals surface area contributed by atoms with Crippen LogP contribution in [0.5, 0.6) is 5.75 Å². The largest absolute Gasteiger partial charge is 0.497 e. The minimum Gasteiger partial charge on any atom is -0.497 e. The number of hydrogen-bond donors (Lipinski definition) is 2. The lowest BCUT2D eigenvalue weighted by atomic mass is 9.70. The number of fused-ring (bicyclic) bond motifs is 2. The lowest BCUT2D eigenvalue weighted by molar-refractivity contribution is -0.0481. The van der Waals surface area contributed by atoms with Crippen LogP contribution < -0.4 is 4.74 Å². The van der Waals surface area contributed by atoms with E-state index < -0.39 is 11.2 Å². The van der Waals surface area contributed by atoms with Gasteiger partial charge in [0.25, 0.3) is 0 Å². The summed E-state index contributed by atoms with van der Waals surface area (Å²) < 4.78 is 11.5. The minimum absolute atomic E-state index is 0.0310. The number of aliphatic hydroxyl groups is 2. The highest BCUT2D eigenvalue weighted by atomic mass is 16.5. The molecule has 1 saturated heterocycles. The summed E-state index contributed by atoms with van der Waals surface area (Å²) in [6.45, 7) is 2.06. The Kier molecular flexibility index (Phi) is 4.02. The Hall–Kier alpha value is -1.36. The number of rotatable bonds is 6. The summed E-state index contributed by atoms with van der Waals surface area (Å²) in [7, 11) is 1.66. The molecule has 2 aliphatic rings. The zero-order valence-corrected chi connectivity index (χ0v) is 13.2. The lowest BCUT2D eigenvalue weighted by Gasteiger charge is -2.32. The Morgan fingerprint density at radius 3 is 2.64 bits per heavy atom. The summed E-state index contributed by atoms with van der Waals surface area (Å²) in [5, 5.41) is 19.5. The second-order valence-electron chi connectivity index (χ2n) is 6.50. The number of methoxy groups -OCH3 is 1. The van der Waals surface area contributed by atoms with E-state index >= 15 is 0 Å². The zero-order valence-electron chi connectivity index (χ0n) is 13.2. The van der Waals surface area contributed by atoms with Crippen LogP contribution in [0.2, 0.25) is 0 Å². The first-order valence-electron chi connectivity index (χ1n) is 7.82. The Labute approximate surface area is 131 Å². The molecular formula is C18H24O4. The molecule has 0 radical (unpaired) electrons. The maximum absolute atomic E-state index is 9.80. The van der Waals surface area contributed by atoms with Crippen molar-refractivity contribution in [2.24, 2.45) is 11.8 Å². The Bertz CT molecular complexity index is 570. The van der Waals surface area contributed by atoms with Crippen LogP contribution in [0, 0.1) is 11.8 Å². The summed E-state index contributed by atoms with van der Waals surface area (Å²) in [5.74, 6) is 0.743. The van der Waals surface area contributed by atoms with Crippen LogP contribution in [-0.4, -0.2) is 41.7 Å². The van der Waals surface area contributed by atoms with Gasteiger partial charge in [0.1, 0.15) is 5.75 Å². The highest BCUT2D eigenvalue weighted by molar-refractivity contribution is 5.31. The first-order chi connectivity index (χ1) is 10.6. The molecule has 0 aliphatic carbocycles. The molecule has 1 fully saturated rings. The molecule has 2 bridgehead atoms. The quantitative estimate of drug-likeness (QED) is 0.789. The van der Waals surface area contributed by atoms with E-state index in [1.54, 1.807) is 7.11 Å². The SMILES string of the molecule is COc1cccc(CC[C@@]23C=C[C@@](C)(O2)[C@@H](CO)[C@H]3CO)c1. The van der Waals surface area contributed by atoms with Crippen LogP contribution in [0.1, 0.15) is 18.9 Å². The predicted octanol–water partition coefficient (Wildman–Crippen LogP) is 1.94. The molecule has 4 atom stereocenters. The number of aliphatic hydroxyl groups excluding tert-OH is 2. The van der Waals surface area contributed by atoms with Crippen molar-refractivity contribution in [1.29, 1.82) is 0 Å². The van der Waals surface area contributed by atoms with Crippen LogP contribution in [0.3, 0.4) is 0 Å². The number of benzene rings is 1. The average Bonchev–Trinajstić information content (AvgIpc) is 3.01. The Morgan fingerprint density at radius 1 is 1.18 bits per heavy atom. The smallest absolute Gasteiger partial charge is 0.119 e. The summed E-state index contributed by atoms with van der Waals surface area (Å²) in [4.78, 5) is 0. The maximum Gasteiger partial charge on any atom is 0.119 e. The number of aryl methyl sites for hydroxylation is 1. The van der Waals surface area contributed by atoms with E-state index in [9.17, 15) is 10.2 Å². The molecule has 0 saturated carbocycles. The van der Waals surface area contributed by atoms with E-state index in [0.29, 0.717) is 0 Å². The van der Waals surface area contributed by atoms with E-state index in [1.807, 2.05) is 31.2 Å². The van der Waals surface area contributed by atoms with Gasteiger partial charge in [-0.3, -0.25) is 0 Å². The molecule has 2 heterocycles. The standard InChI is InChI=1S/C18H24O4/c1-17-8-9-18(22-17,16(12-20)15(17)11-19)7-6-13-4-3-5-14(10-13)21-2/h3-5,8-10,15-16,19-20H,6-7,11-12H2,1-2H3/t15-,16+,17+,18-/m0/s1. The van der Waals surface area contributed by atoms with Crippen molar-refractivity contribution in [1.82, 2.24) is 0 Å². The number of hydrogen-bond acceptors (Lipinski definition) is 4. The van der Waals surface area contributed by atoms with Crippen LogP contribution in [0.4, 0.5) is 0 Å². The van der Waals surface area contributed by atoms with Gasteiger partial charge in [-0.05, 0) is 37.5 Å². The van der Waals surface area contributed by atoms with Gasteiger partial charge in [-0.15, -0.1) is 0 Å². The normalized spacial score (nSPS) is 36.0. The van der Waals surface area contributed by atoms with E-state index in [0.717, 1.165) is 18.6 Å². The van der Waals surface area contributed by atoms with Gasteiger partial charge in [-0.2, -0.15) is 0 Å². The van der Waals surface area contributed by atoms with Crippen LogP contribution >= 0.6 is 0 Å². The summed E-state index contributed by atoms with van der Waals surface area (Å²) in [6, 6.07) is 8.01. The minimum atomic E-state index is -0.472. The second kappa shape index (κ2) is 5.69. The summed E-state index contributed by atoms with van der Waals surface area (Å²) in [5.41, 5.74) is 0.250. The molecule has 0 aromatic heterocycles. The van der Waals surface area contributed by atoms with Crippen molar-refractivity contribution in [3.63, 3.8) is 0 Å². The molecule has 1 aromatic rings. The Balaban J connectivity index is 1.78. The monoisotopic (exact) mass is 304 g/mol. The van der Waals surface area contributed by atoms with E-state index in [-0.39, 0.29) is 25.0 Å². The van der Waals surface area contributed by atoms with Crippen molar-refractivity contribution < 1.29 is 19.7 Å². The highest BCUT2D eigenvalue weighted by Crippen LogP contribution is 2.54. The molecule has 22 heavy (non-hydrogen) atoms. The van der Waals surface area contributed by atoms with E-state index in [1.165, 1.54) is 5.56 Å². The number of ether oxygens (including phenoxy) is 2. The maximum atomic E-state index is 9.80. The van der Waals surface area contributed by atoms with Crippen LogP contribution in [-0.2, 0) is 11.2 Å². The van der Waals surface area contributed by atoms with Gasteiger partial charge in [0.15, 0.2) is 0 Å². The highest BCUT2D eigenvalue weighted by Gasteiger charge is 2.61. The van der Waals surface area contributed by atoms with Crippen LogP contribution in [0.15, 0.2) is 36.4 Å². The van der Waals surface area contributed by atoms with E-state index in [4.69, 9.17) is 9.47 Å². The van der Waals surface area contributed by atoms with Gasteiger partial charge < -0.3 is 19.7 Å². The average molecular weight is 304 g/mol. The van der Waals surface area contributed by atoms with Crippen molar-refractivity contribution in [3.05, 3.63) is 42.0 Å². The molecule has 0 unspecified atom stereocenters. The van der Waals surface area contributed by atoms with Gasteiger partial charge in [-0.25, -0.2) is 0 Å².